The van der Waals surface area contributed by atoms with Crippen LogP contribution in [0.3, 0.4) is 0 Å². The molecule has 0 saturated carbocycles. The Labute approximate surface area is 829 Å². The van der Waals surface area contributed by atoms with Crippen LogP contribution in [0.15, 0.2) is 191 Å². The Hall–Kier alpha value is -10.2. The van der Waals surface area contributed by atoms with Crippen molar-refractivity contribution in [2.24, 2.45) is 0 Å². The number of ether oxygens (including phenoxy) is 6. The standard InChI is InChI=1S/C130H174O6/c1-7-13-19-25-31-37-43-49-55-73-103-131-125-109-115(110-126(132-104-74-56-50-44-38-32-26-20-14-8-2)129(125)135-107-77-59-53-47-41-35-29-23-17-11-5)89-87-113-91-95-121(117-79-65-61-66-80-117)99-101-123(119-83-69-63-70-84-119)97-93-114(94-98-124(120-85-71-64-72-86-120)102-100-122(96-92-113)118-81-67-62-68-82-118)88-90-116-111-127(133-105-75-57-51-45-39-33-27-21-15-9-3)130(136-108-78-60-54-48-42-36-30-24-18-12-6)128(112-116)134-106-76-58-52-46-40-34-28-22-16-10-4/h61-72,79-86,109-112H,7-60,73-78,103-108H2,1-6H3. The highest BCUT2D eigenvalue weighted by Gasteiger charge is 2.19. The van der Waals surface area contributed by atoms with Gasteiger partial charge in [0.2, 0.25) is 11.5 Å². The van der Waals surface area contributed by atoms with Crippen LogP contribution in [0.4, 0.5) is 0 Å². The van der Waals surface area contributed by atoms with Crippen molar-refractivity contribution >= 4 is 22.3 Å². The number of hydrogen-bond donors (Lipinski definition) is 0. The van der Waals surface area contributed by atoms with E-state index < -0.39 is 0 Å². The molecule has 7 rings (SSSR count). The predicted molar refractivity (Wildman–Crippen MR) is 582 cm³/mol. The number of unbranched alkanes of at least 4 members (excludes halogenated alkanes) is 54. The quantitative estimate of drug-likeness (QED) is 0.0215. The molecule has 0 bridgehead atoms. The van der Waals surface area contributed by atoms with Crippen molar-refractivity contribution < 1.29 is 28.4 Å². The highest BCUT2D eigenvalue weighted by Crippen LogP contribution is 2.42. The third-order valence-corrected chi connectivity index (χ3v) is 25.3. The van der Waals surface area contributed by atoms with Crippen LogP contribution in [0.25, 0.3) is 22.3 Å². The Morgan fingerprint density at radius 1 is 0.176 bits per heavy atom. The maximum absolute atomic E-state index is 6.92. The molecule has 0 unspecified atom stereocenters. The largest absolute Gasteiger partial charge is 0.490 e. The van der Waals surface area contributed by atoms with Gasteiger partial charge in [0.05, 0.1) is 61.9 Å². The predicted octanol–water partition coefficient (Wildman–Crippen LogP) is 37.4. The Bertz CT molecular complexity index is 4480. The Balaban J connectivity index is 1.41. The van der Waals surface area contributed by atoms with E-state index in [0.717, 1.165) is 99.3 Å². The molecule has 0 aromatic heterocycles. The second-order valence-corrected chi connectivity index (χ2v) is 37.5. The van der Waals surface area contributed by atoms with Crippen LogP contribution < -0.4 is 28.4 Å². The van der Waals surface area contributed by atoms with E-state index in [9.17, 15) is 0 Å². The van der Waals surface area contributed by atoms with Gasteiger partial charge in [0, 0.05) is 11.1 Å². The summed E-state index contributed by atoms with van der Waals surface area (Å²) in [6.45, 7) is 17.1. The summed E-state index contributed by atoms with van der Waals surface area (Å²) >= 11 is 0. The van der Waals surface area contributed by atoms with E-state index in [2.05, 4.69) is 135 Å². The van der Waals surface area contributed by atoms with Gasteiger partial charge in [-0.25, -0.2) is 0 Å². The summed E-state index contributed by atoms with van der Waals surface area (Å²) in [6.07, 6.45) is 74.4. The fourth-order valence-electron chi connectivity index (χ4n) is 17.0. The topological polar surface area (TPSA) is 55.4 Å². The van der Waals surface area contributed by atoms with Crippen LogP contribution in [0, 0.1) is 59.2 Å². The van der Waals surface area contributed by atoms with Crippen LogP contribution in [0.5, 0.6) is 34.5 Å². The van der Waals surface area contributed by atoms with Crippen LogP contribution in [-0.4, -0.2) is 39.6 Å². The minimum absolute atomic E-state index is 0.373. The average molecular weight is 1830 g/mol. The van der Waals surface area contributed by atoms with E-state index in [0.29, 0.717) is 119 Å². The lowest BCUT2D eigenvalue weighted by Crippen LogP contribution is -2.07. The molecule has 6 nitrogen and oxygen atoms in total. The van der Waals surface area contributed by atoms with Gasteiger partial charge in [0.25, 0.3) is 0 Å². The average Bonchev–Trinajstić information content (AvgIpc) is 0.823. The summed E-state index contributed by atoms with van der Waals surface area (Å²) in [5.41, 5.74) is 29.0. The highest BCUT2D eigenvalue weighted by atomic mass is 16.5. The number of hydrogen-bond acceptors (Lipinski definition) is 6. The zero-order valence-corrected chi connectivity index (χ0v) is 86.0. The molecular formula is C130H174O6. The third-order valence-electron chi connectivity index (χ3n) is 25.3. The van der Waals surface area contributed by atoms with Gasteiger partial charge in [-0.1, -0.05) is 568 Å². The van der Waals surface area contributed by atoms with E-state index in [-0.39, 0.29) is 0 Å². The summed E-state index contributed by atoms with van der Waals surface area (Å²) < 4.78 is 41.5. The monoisotopic (exact) mass is 1830 g/mol. The van der Waals surface area contributed by atoms with Crippen molar-refractivity contribution in [3.8, 4) is 93.7 Å². The molecule has 6 aromatic rings. The summed E-state index contributed by atoms with van der Waals surface area (Å²) in [7, 11) is 0. The molecule has 0 amide bonds. The first-order valence-electron chi connectivity index (χ1n) is 55.2. The van der Waals surface area contributed by atoms with Crippen molar-refractivity contribution in [2.45, 2.75) is 427 Å². The van der Waals surface area contributed by atoms with E-state index >= 15 is 0 Å². The molecule has 0 heterocycles. The van der Waals surface area contributed by atoms with Gasteiger partial charge in [0.15, 0.2) is 23.0 Å². The Morgan fingerprint density at radius 2 is 0.346 bits per heavy atom. The van der Waals surface area contributed by atoms with E-state index in [1.165, 1.54) is 308 Å². The van der Waals surface area contributed by atoms with Gasteiger partial charge in [-0.2, -0.15) is 0 Å². The van der Waals surface area contributed by atoms with Crippen molar-refractivity contribution in [3.05, 3.63) is 225 Å². The number of allylic oxidation sites excluding steroid dienone is 6. The molecule has 1 aliphatic rings. The summed E-state index contributed by atoms with van der Waals surface area (Å²) in [5, 5.41) is 0. The third kappa shape index (κ3) is 52.9. The SMILES string of the molecule is CCCCCCCCCCCCOc1cc(C#CC2=C=C=C(c3ccccc3)C#CC(c3ccccc3)=C=C=C(C#Cc3cc(OCCCCCCCCCCCC)c(OCCCCCCCCCCCC)c(OCCCCCCCCCCCC)c3)C#CC(c3ccccc3)=C=C=C(c3ccccc3)C#C2)cc(OCCCCCCCCCCCC)c1OCCCCCCCCCCCC. The first-order valence-corrected chi connectivity index (χ1v) is 55.2. The minimum Gasteiger partial charge on any atom is -0.490 e. The van der Waals surface area contributed by atoms with Crippen molar-refractivity contribution in [2.75, 3.05) is 39.6 Å². The van der Waals surface area contributed by atoms with Crippen molar-refractivity contribution in [1.82, 2.24) is 0 Å². The molecule has 0 atom stereocenters. The van der Waals surface area contributed by atoms with E-state index in [4.69, 9.17) is 28.4 Å². The first-order chi connectivity index (χ1) is 67.4. The molecule has 0 fully saturated rings. The number of benzene rings is 6. The van der Waals surface area contributed by atoms with Crippen LogP contribution in [0.1, 0.15) is 460 Å². The first kappa shape index (κ1) is 113. The van der Waals surface area contributed by atoms with Crippen LogP contribution in [0.2, 0.25) is 0 Å². The maximum atomic E-state index is 6.92. The lowest BCUT2D eigenvalue weighted by atomic mass is 10.0. The molecule has 136 heavy (non-hydrogen) atoms. The minimum atomic E-state index is 0.373. The highest BCUT2D eigenvalue weighted by molar-refractivity contribution is 5.87. The molecule has 0 aliphatic heterocycles. The van der Waals surface area contributed by atoms with Gasteiger partial charge in [-0.15, -0.1) is 0 Å². The second-order valence-electron chi connectivity index (χ2n) is 37.5. The zero-order chi connectivity index (χ0) is 95.6. The van der Waals surface area contributed by atoms with Crippen molar-refractivity contribution in [1.29, 1.82) is 0 Å². The summed E-state index contributed by atoms with van der Waals surface area (Å²) in [6, 6.07) is 48.6. The Morgan fingerprint density at radius 3 is 0.544 bits per heavy atom. The fourth-order valence-corrected chi connectivity index (χ4v) is 17.0. The Kier molecular flexibility index (Phi) is 65.4. The molecule has 0 spiro atoms. The van der Waals surface area contributed by atoms with Gasteiger partial charge in [-0.3, -0.25) is 0 Å². The molecule has 0 radical (unpaired) electrons. The van der Waals surface area contributed by atoms with Crippen molar-refractivity contribution in [3.63, 3.8) is 0 Å². The van der Waals surface area contributed by atoms with Gasteiger partial charge in [-0.05, 0) is 120 Å². The van der Waals surface area contributed by atoms with E-state index in [1.54, 1.807) is 0 Å². The van der Waals surface area contributed by atoms with Crippen LogP contribution >= 0.6 is 0 Å². The lowest BCUT2D eigenvalue weighted by Gasteiger charge is -2.18. The van der Waals surface area contributed by atoms with Crippen LogP contribution in [-0.2, 0) is 0 Å². The fraction of sp³-hybridized carbons (Fsp3) is 0.554. The van der Waals surface area contributed by atoms with E-state index in [1.807, 2.05) is 146 Å². The molecule has 730 valence electrons. The molecular weight excluding hydrogens is 1660 g/mol. The normalized spacial score (nSPS) is 11.7. The van der Waals surface area contributed by atoms with Gasteiger partial charge in [0.1, 0.15) is 11.1 Å². The smallest absolute Gasteiger partial charge is 0.203 e. The lowest BCUT2D eigenvalue weighted by molar-refractivity contribution is 0.234. The summed E-state index contributed by atoms with van der Waals surface area (Å²) in [5.74, 6) is 39.3. The van der Waals surface area contributed by atoms with Gasteiger partial charge >= 0.3 is 0 Å². The molecule has 6 aromatic carbocycles. The molecule has 0 N–H and O–H groups in total. The molecule has 1 aliphatic carbocycles. The maximum Gasteiger partial charge on any atom is 0.203 e. The van der Waals surface area contributed by atoms with Gasteiger partial charge < -0.3 is 28.4 Å². The molecule has 0 saturated heterocycles. The number of rotatable bonds is 76. The summed E-state index contributed by atoms with van der Waals surface area (Å²) in [4.78, 5) is 0. The zero-order valence-electron chi connectivity index (χ0n) is 86.0. The second kappa shape index (κ2) is 78.8. The molecule has 6 heteroatoms.